The van der Waals surface area contributed by atoms with E-state index >= 15 is 0 Å². The molecule has 1 unspecified atom stereocenters. The van der Waals surface area contributed by atoms with E-state index in [1.54, 1.807) is 30.0 Å². The van der Waals surface area contributed by atoms with Crippen molar-refractivity contribution in [2.45, 2.75) is 19.9 Å². The highest BCUT2D eigenvalue weighted by atomic mass is 16.6. The quantitative estimate of drug-likeness (QED) is 0.821. The molecule has 0 fully saturated rings. The average Bonchev–Trinajstić information content (AvgIpc) is 2.51. The van der Waals surface area contributed by atoms with Crippen LogP contribution in [0.25, 0.3) is 0 Å². The maximum absolute atomic E-state index is 12.1. The summed E-state index contributed by atoms with van der Waals surface area (Å²) in [5.74, 6) is 0.0230. The molecule has 0 aromatic heterocycles. The van der Waals surface area contributed by atoms with Gasteiger partial charge in [0.1, 0.15) is 19.3 Å². The predicted octanol–water partition coefficient (Wildman–Crippen LogP) is 1.19. The van der Waals surface area contributed by atoms with Gasteiger partial charge >= 0.3 is 5.97 Å². The van der Waals surface area contributed by atoms with Gasteiger partial charge in [0.25, 0.3) is 0 Å². The van der Waals surface area contributed by atoms with E-state index in [4.69, 9.17) is 14.6 Å². The summed E-state index contributed by atoms with van der Waals surface area (Å²) in [6.45, 7) is 4.85. The van der Waals surface area contributed by atoms with Crippen molar-refractivity contribution in [1.82, 2.24) is 4.90 Å². The van der Waals surface area contributed by atoms with Gasteiger partial charge in [-0.25, -0.2) is 0 Å². The number of nitrogens with zero attached hydrogens (tertiary/aromatic N) is 1. The number of aliphatic carboxylic acids is 1. The van der Waals surface area contributed by atoms with Crippen LogP contribution in [-0.4, -0.2) is 54.2 Å². The zero-order valence-corrected chi connectivity index (χ0v) is 12.7. The number of ether oxygens (including phenoxy) is 2. The molecule has 1 aliphatic rings. The number of carboxylic acids is 1. The molecule has 0 bridgehead atoms. The first-order valence-electron chi connectivity index (χ1n) is 7.17. The van der Waals surface area contributed by atoms with Gasteiger partial charge in [0, 0.05) is 11.8 Å². The van der Waals surface area contributed by atoms with Gasteiger partial charge in [0.2, 0.25) is 5.91 Å². The molecule has 1 heterocycles. The summed E-state index contributed by atoms with van der Waals surface area (Å²) >= 11 is 0. The highest BCUT2D eigenvalue weighted by Crippen LogP contribution is 2.32. The topological polar surface area (TPSA) is 88.1 Å². The van der Waals surface area contributed by atoms with Crippen LogP contribution in [0.2, 0.25) is 0 Å². The molecule has 2 N–H and O–H groups in total. The fourth-order valence-electron chi connectivity index (χ4n) is 2.18. The molecule has 7 nitrogen and oxygen atoms in total. The van der Waals surface area contributed by atoms with Crippen LogP contribution in [0.3, 0.4) is 0 Å². The van der Waals surface area contributed by atoms with Crippen molar-refractivity contribution in [1.29, 1.82) is 0 Å². The first-order chi connectivity index (χ1) is 10.5. The molecule has 1 aliphatic heterocycles. The van der Waals surface area contributed by atoms with E-state index in [9.17, 15) is 9.59 Å². The van der Waals surface area contributed by atoms with Crippen LogP contribution in [0.15, 0.2) is 18.2 Å². The first kappa shape index (κ1) is 16.1. The van der Waals surface area contributed by atoms with Crippen molar-refractivity contribution in [3.05, 3.63) is 18.2 Å². The second kappa shape index (κ2) is 7.13. The summed E-state index contributed by atoms with van der Waals surface area (Å²) in [6.07, 6.45) is 0. The Hall–Kier alpha value is -2.28. The number of amides is 1. The van der Waals surface area contributed by atoms with Crippen LogP contribution in [-0.2, 0) is 9.59 Å². The second-order valence-electron chi connectivity index (χ2n) is 4.98. The minimum atomic E-state index is -0.950. The van der Waals surface area contributed by atoms with E-state index in [0.29, 0.717) is 36.9 Å². The standard InChI is InChI=1S/C15H20N2O5/c1-3-17(10(2)15(19)20)9-14(18)16-11-4-5-12-13(8-11)22-7-6-21-12/h4-5,8,10H,3,6-7,9H2,1-2H3,(H,16,18)(H,19,20). The van der Waals surface area contributed by atoms with E-state index in [1.807, 2.05) is 6.92 Å². The number of hydrogen-bond donors (Lipinski definition) is 2. The smallest absolute Gasteiger partial charge is 0.320 e. The van der Waals surface area contributed by atoms with Crippen molar-refractivity contribution >= 4 is 17.6 Å². The molecular weight excluding hydrogens is 288 g/mol. The summed E-state index contributed by atoms with van der Waals surface area (Å²) in [6, 6.07) is 4.45. The van der Waals surface area contributed by atoms with Crippen molar-refractivity contribution < 1.29 is 24.2 Å². The molecule has 120 valence electrons. The number of carbonyl (C=O) groups is 2. The van der Waals surface area contributed by atoms with Crippen molar-refractivity contribution in [2.24, 2.45) is 0 Å². The van der Waals surface area contributed by atoms with E-state index in [2.05, 4.69) is 5.32 Å². The normalized spacial score (nSPS) is 14.5. The molecule has 0 radical (unpaired) electrons. The molecule has 1 aromatic carbocycles. The maximum Gasteiger partial charge on any atom is 0.320 e. The van der Waals surface area contributed by atoms with Gasteiger partial charge in [-0.3, -0.25) is 14.5 Å². The molecular formula is C15H20N2O5. The summed E-state index contributed by atoms with van der Waals surface area (Å²) in [5, 5.41) is 11.8. The van der Waals surface area contributed by atoms with E-state index in [-0.39, 0.29) is 12.5 Å². The van der Waals surface area contributed by atoms with Crippen molar-refractivity contribution in [2.75, 3.05) is 31.6 Å². The van der Waals surface area contributed by atoms with Gasteiger partial charge in [0.05, 0.1) is 6.54 Å². The van der Waals surface area contributed by atoms with Gasteiger partial charge < -0.3 is 19.9 Å². The lowest BCUT2D eigenvalue weighted by Gasteiger charge is -2.24. The SMILES string of the molecule is CCN(CC(=O)Nc1ccc2c(c1)OCCO2)C(C)C(=O)O. The highest BCUT2D eigenvalue weighted by molar-refractivity contribution is 5.93. The van der Waals surface area contributed by atoms with E-state index in [0.717, 1.165) is 0 Å². The van der Waals surface area contributed by atoms with Crippen molar-refractivity contribution in [3.63, 3.8) is 0 Å². The van der Waals surface area contributed by atoms with Gasteiger partial charge in [0.15, 0.2) is 11.5 Å². The number of likely N-dealkylation sites (N-methyl/N-ethyl adjacent to an activating group) is 1. The number of carbonyl (C=O) groups excluding carboxylic acids is 1. The molecule has 1 atom stereocenters. The molecule has 0 aliphatic carbocycles. The van der Waals surface area contributed by atoms with Crippen LogP contribution in [0.4, 0.5) is 5.69 Å². The molecule has 0 saturated carbocycles. The third kappa shape index (κ3) is 3.88. The number of hydrogen-bond acceptors (Lipinski definition) is 5. The Kier molecular flexibility index (Phi) is 5.21. The van der Waals surface area contributed by atoms with Crippen LogP contribution in [0.5, 0.6) is 11.5 Å². The fourth-order valence-corrected chi connectivity index (χ4v) is 2.18. The van der Waals surface area contributed by atoms with Gasteiger partial charge in [-0.05, 0) is 25.6 Å². The number of rotatable bonds is 6. The lowest BCUT2D eigenvalue weighted by molar-refractivity contribution is -0.142. The Morgan fingerprint density at radius 2 is 2.00 bits per heavy atom. The van der Waals surface area contributed by atoms with E-state index in [1.165, 1.54) is 0 Å². The number of fused-ring (bicyclic) bond motifs is 1. The third-order valence-corrected chi connectivity index (χ3v) is 3.48. The Morgan fingerprint density at radius 1 is 1.32 bits per heavy atom. The molecule has 7 heteroatoms. The lowest BCUT2D eigenvalue weighted by atomic mass is 10.2. The average molecular weight is 308 g/mol. The monoisotopic (exact) mass is 308 g/mol. The summed E-state index contributed by atoms with van der Waals surface area (Å²) in [4.78, 5) is 24.6. The Labute approximate surface area is 128 Å². The van der Waals surface area contributed by atoms with Gasteiger partial charge in [-0.15, -0.1) is 0 Å². The number of benzene rings is 1. The summed E-state index contributed by atoms with van der Waals surface area (Å²) < 4.78 is 10.9. The van der Waals surface area contributed by atoms with Crippen LogP contribution in [0.1, 0.15) is 13.8 Å². The van der Waals surface area contributed by atoms with Gasteiger partial charge in [-0.1, -0.05) is 6.92 Å². The number of anilines is 1. The zero-order valence-electron chi connectivity index (χ0n) is 12.7. The lowest BCUT2D eigenvalue weighted by Crippen LogP contribution is -2.43. The fraction of sp³-hybridized carbons (Fsp3) is 0.467. The molecule has 0 saturated heterocycles. The number of nitrogens with one attached hydrogen (secondary N) is 1. The second-order valence-corrected chi connectivity index (χ2v) is 4.98. The minimum Gasteiger partial charge on any atom is -0.486 e. The molecule has 1 amide bonds. The molecule has 1 aromatic rings. The largest absolute Gasteiger partial charge is 0.486 e. The highest BCUT2D eigenvalue weighted by Gasteiger charge is 2.21. The van der Waals surface area contributed by atoms with E-state index < -0.39 is 12.0 Å². The molecule has 22 heavy (non-hydrogen) atoms. The Balaban J connectivity index is 1.98. The minimum absolute atomic E-state index is 0.0123. The van der Waals surface area contributed by atoms with Crippen LogP contribution < -0.4 is 14.8 Å². The molecule has 0 spiro atoms. The van der Waals surface area contributed by atoms with Crippen LogP contribution >= 0.6 is 0 Å². The Bertz CT molecular complexity index is 561. The third-order valence-electron chi connectivity index (χ3n) is 3.48. The summed E-state index contributed by atoms with van der Waals surface area (Å²) in [5.41, 5.74) is 0.591. The Morgan fingerprint density at radius 3 is 2.64 bits per heavy atom. The van der Waals surface area contributed by atoms with Crippen molar-refractivity contribution in [3.8, 4) is 11.5 Å². The summed E-state index contributed by atoms with van der Waals surface area (Å²) in [7, 11) is 0. The predicted molar refractivity (Wildman–Crippen MR) is 80.4 cm³/mol. The van der Waals surface area contributed by atoms with Gasteiger partial charge in [-0.2, -0.15) is 0 Å². The first-order valence-corrected chi connectivity index (χ1v) is 7.17. The zero-order chi connectivity index (χ0) is 16.1. The number of carboxylic acid groups (broad SMARTS) is 1. The van der Waals surface area contributed by atoms with Crippen LogP contribution in [0, 0.1) is 0 Å². The molecule has 2 rings (SSSR count). The maximum atomic E-state index is 12.1.